The molecule has 1 spiro atoms. The summed E-state index contributed by atoms with van der Waals surface area (Å²) < 4.78 is 10.7. The molecule has 0 bridgehead atoms. The van der Waals surface area contributed by atoms with Gasteiger partial charge in [0.05, 0.1) is 30.6 Å². The van der Waals surface area contributed by atoms with Crippen LogP contribution in [0.4, 0.5) is 0 Å². The minimum absolute atomic E-state index is 0.00625. The van der Waals surface area contributed by atoms with E-state index in [9.17, 15) is 4.79 Å². The van der Waals surface area contributed by atoms with E-state index in [1.54, 1.807) is 14.2 Å². The number of para-hydroxylation sites is 1. The average Bonchev–Trinajstić information content (AvgIpc) is 3.09. The number of aliphatic imine (C=N–C) groups is 1. The molecule has 0 aromatic heterocycles. The van der Waals surface area contributed by atoms with E-state index < -0.39 is 0 Å². The van der Waals surface area contributed by atoms with Gasteiger partial charge in [0.25, 0.3) is 0 Å². The number of hydrogen-bond acceptors (Lipinski definition) is 5. The smallest absolute Gasteiger partial charge is 0.224 e. The number of carbonyl (C=O) groups excluding carboxylic acids is 1. The summed E-state index contributed by atoms with van der Waals surface area (Å²) in [7, 11) is 3.23. The lowest BCUT2D eigenvalue weighted by Crippen LogP contribution is -2.46. The van der Waals surface area contributed by atoms with Crippen molar-refractivity contribution in [3.8, 4) is 11.5 Å². The molecule has 1 saturated heterocycles. The van der Waals surface area contributed by atoms with Crippen LogP contribution in [0, 0.1) is 11.8 Å². The zero-order valence-corrected chi connectivity index (χ0v) is 16.4. The molecule has 0 saturated carbocycles. The zero-order chi connectivity index (χ0) is 18.9. The summed E-state index contributed by atoms with van der Waals surface area (Å²) in [6.45, 7) is 1.23. The molecule has 1 N–H and O–H groups in total. The van der Waals surface area contributed by atoms with Gasteiger partial charge in [-0.15, -0.1) is 11.8 Å². The summed E-state index contributed by atoms with van der Waals surface area (Å²) >= 11 is 1.86. The van der Waals surface area contributed by atoms with Crippen molar-refractivity contribution in [3.63, 3.8) is 0 Å². The van der Waals surface area contributed by atoms with Gasteiger partial charge in [-0.2, -0.15) is 0 Å². The molecular formula is C21H24N2O3S. The second-order valence-corrected chi connectivity index (χ2v) is 8.26. The van der Waals surface area contributed by atoms with E-state index in [1.165, 1.54) is 0 Å². The van der Waals surface area contributed by atoms with Crippen LogP contribution in [-0.4, -0.2) is 42.9 Å². The predicted octanol–water partition coefficient (Wildman–Crippen LogP) is 3.01. The Balaban J connectivity index is 1.48. The lowest BCUT2D eigenvalue weighted by molar-refractivity contribution is -0.125. The first-order valence-corrected chi connectivity index (χ1v) is 10.2. The minimum atomic E-state index is -0.122. The molecule has 2 heterocycles. The predicted molar refractivity (Wildman–Crippen MR) is 109 cm³/mol. The van der Waals surface area contributed by atoms with E-state index >= 15 is 0 Å². The van der Waals surface area contributed by atoms with E-state index in [1.807, 2.05) is 36.0 Å². The molecule has 3 unspecified atom stereocenters. The SMILES string of the molecule is COc1cccc(CNC(=O)C2CSC34C=CC=CC3=NCCC24)c1OC. The van der Waals surface area contributed by atoms with Crippen molar-refractivity contribution in [2.75, 3.05) is 26.5 Å². The largest absolute Gasteiger partial charge is 0.493 e. The maximum absolute atomic E-state index is 13.0. The Hall–Kier alpha value is -2.21. The van der Waals surface area contributed by atoms with Gasteiger partial charge in [-0.1, -0.05) is 30.4 Å². The number of carbonyl (C=O) groups is 1. The van der Waals surface area contributed by atoms with Crippen molar-refractivity contribution in [3.05, 3.63) is 48.1 Å². The fraction of sp³-hybridized carbons (Fsp3) is 0.429. The fourth-order valence-corrected chi connectivity index (χ4v) is 6.12. The van der Waals surface area contributed by atoms with Gasteiger partial charge in [-0.25, -0.2) is 0 Å². The van der Waals surface area contributed by atoms with Crippen LogP contribution in [0.5, 0.6) is 11.5 Å². The third kappa shape index (κ3) is 3.06. The second kappa shape index (κ2) is 7.43. The van der Waals surface area contributed by atoms with Crippen LogP contribution in [0.1, 0.15) is 12.0 Å². The molecular weight excluding hydrogens is 360 g/mol. The highest BCUT2D eigenvalue weighted by Gasteiger charge is 2.53. The Kier molecular flexibility index (Phi) is 5.00. The van der Waals surface area contributed by atoms with Crippen LogP contribution in [0.3, 0.4) is 0 Å². The van der Waals surface area contributed by atoms with Crippen molar-refractivity contribution >= 4 is 23.4 Å². The van der Waals surface area contributed by atoms with Crippen LogP contribution in [0.2, 0.25) is 0 Å². The van der Waals surface area contributed by atoms with Crippen LogP contribution in [-0.2, 0) is 11.3 Å². The van der Waals surface area contributed by atoms with E-state index in [0.29, 0.717) is 24.0 Å². The molecule has 1 aromatic carbocycles. The Morgan fingerprint density at radius 3 is 3.04 bits per heavy atom. The van der Waals surface area contributed by atoms with Gasteiger partial charge in [0.1, 0.15) is 0 Å². The lowest BCUT2D eigenvalue weighted by Gasteiger charge is -2.38. The van der Waals surface area contributed by atoms with E-state index in [0.717, 1.165) is 30.0 Å². The Morgan fingerprint density at radius 1 is 1.33 bits per heavy atom. The normalized spacial score (nSPS) is 28.1. The molecule has 0 radical (unpaired) electrons. The van der Waals surface area contributed by atoms with Crippen molar-refractivity contribution < 1.29 is 14.3 Å². The minimum Gasteiger partial charge on any atom is -0.493 e. The Labute approximate surface area is 163 Å². The summed E-state index contributed by atoms with van der Waals surface area (Å²) in [5, 5.41) is 3.12. The van der Waals surface area contributed by atoms with Crippen LogP contribution < -0.4 is 14.8 Å². The molecule has 1 aliphatic carbocycles. The Bertz CT molecular complexity index is 833. The first kappa shape index (κ1) is 18.2. The topological polar surface area (TPSA) is 59.9 Å². The molecule has 1 fully saturated rings. The Morgan fingerprint density at radius 2 is 2.22 bits per heavy atom. The van der Waals surface area contributed by atoms with Gasteiger partial charge < -0.3 is 14.8 Å². The van der Waals surface area contributed by atoms with Crippen molar-refractivity contribution in [1.29, 1.82) is 0 Å². The molecule has 6 heteroatoms. The maximum atomic E-state index is 13.0. The van der Waals surface area contributed by atoms with E-state index in [-0.39, 0.29) is 16.6 Å². The lowest BCUT2D eigenvalue weighted by atomic mass is 9.74. The van der Waals surface area contributed by atoms with Crippen LogP contribution in [0.15, 0.2) is 47.5 Å². The van der Waals surface area contributed by atoms with Gasteiger partial charge in [0, 0.05) is 24.4 Å². The standard InChI is InChI=1S/C21H24N2O3S/c1-25-17-7-5-6-14(19(17)26-2)12-23-20(24)15-13-27-21-10-4-3-8-18(21)22-11-9-16(15)21/h3-8,10,15-16H,9,11-13H2,1-2H3,(H,23,24). The van der Waals surface area contributed by atoms with Crippen LogP contribution >= 0.6 is 11.8 Å². The van der Waals surface area contributed by atoms with E-state index in [2.05, 4.69) is 23.5 Å². The molecule has 4 rings (SSSR count). The highest BCUT2D eigenvalue weighted by molar-refractivity contribution is 8.02. The molecule has 5 nitrogen and oxygen atoms in total. The fourth-order valence-electron chi connectivity index (χ4n) is 4.33. The van der Waals surface area contributed by atoms with Gasteiger partial charge in [0.15, 0.2) is 11.5 Å². The first-order valence-electron chi connectivity index (χ1n) is 9.22. The van der Waals surface area contributed by atoms with Crippen LogP contribution in [0.25, 0.3) is 0 Å². The average molecular weight is 385 g/mol. The molecule has 2 aliphatic heterocycles. The van der Waals surface area contributed by atoms with Crippen molar-refractivity contribution in [2.24, 2.45) is 16.8 Å². The summed E-state index contributed by atoms with van der Waals surface area (Å²) in [5.74, 6) is 2.56. The van der Waals surface area contributed by atoms with Gasteiger partial charge >= 0.3 is 0 Å². The quantitative estimate of drug-likeness (QED) is 0.848. The third-order valence-electron chi connectivity index (χ3n) is 5.64. The zero-order valence-electron chi connectivity index (χ0n) is 15.6. The number of ether oxygens (including phenoxy) is 2. The molecule has 142 valence electrons. The number of benzene rings is 1. The highest BCUT2D eigenvalue weighted by atomic mass is 32.2. The summed E-state index contributed by atoms with van der Waals surface area (Å²) in [6, 6.07) is 5.71. The molecule has 3 aliphatic rings. The van der Waals surface area contributed by atoms with Crippen molar-refractivity contribution in [1.82, 2.24) is 5.32 Å². The molecule has 27 heavy (non-hydrogen) atoms. The summed E-state index contributed by atoms with van der Waals surface area (Å²) in [4.78, 5) is 17.7. The van der Waals surface area contributed by atoms with E-state index in [4.69, 9.17) is 14.5 Å². The number of hydrogen-bond donors (Lipinski definition) is 1. The van der Waals surface area contributed by atoms with Crippen molar-refractivity contribution in [2.45, 2.75) is 17.7 Å². The molecule has 3 atom stereocenters. The second-order valence-electron chi connectivity index (χ2n) is 6.96. The highest BCUT2D eigenvalue weighted by Crippen LogP contribution is 2.52. The number of nitrogens with zero attached hydrogens (tertiary/aromatic N) is 1. The van der Waals surface area contributed by atoms with Gasteiger partial charge in [-0.05, 0) is 24.5 Å². The first-order chi connectivity index (χ1) is 13.2. The monoisotopic (exact) mass is 384 g/mol. The van der Waals surface area contributed by atoms with Gasteiger partial charge in [-0.3, -0.25) is 9.79 Å². The summed E-state index contributed by atoms with van der Waals surface area (Å²) in [5.41, 5.74) is 2.04. The van der Waals surface area contributed by atoms with Gasteiger partial charge in [0.2, 0.25) is 5.91 Å². The summed E-state index contributed by atoms with van der Waals surface area (Å²) in [6.07, 6.45) is 9.41. The number of thioether (sulfide) groups is 1. The maximum Gasteiger partial charge on any atom is 0.224 e. The molecule has 1 aromatic rings. The number of rotatable bonds is 5. The number of nitrogens with one attached hydrogen (secondary N) is 1. The number of methoxy groups -OCH3 is 2. The number of allylic oxidation sites excluding steroid dienone is 3. The third-order valence-corrected chi connectivity index (χ3v) is 7.30. The molecule has 1 amide bonds. The number of amides is 1.